The molecule has 2 aliphatic rings. The maximum Gasteiger partial charge on any atom is 0.134 e. The van der Waals surface area contributed by atoms with E-state index in [-0.39, 0.29) is 0 Å². The number of hydrogen-bond acceptors (Lipinski definition) is 7. The number of nitrogens with one attached hydrogen (secondary N) is 1. The molecule has 4 heterocycles. The third-order valence-corrected chi connectivity index (χ3v) is 5.58. The summed E-state index contributed by atoms with van der Waals surface area (Å²) in [6, 6.07) is 4.66. The molecule has 0 bridgehead atoms. The Morgan fingerprint density at radius 2 is 1.52 bits per heavy atom. The molecule has 2 aliphatic heterocycles. The number of aryl methyl sites for hydroxylation is 1. The van der Waals surface area contributed by atoms with Crippen LogP contribution in [0.4, 0.5) is 17.5 Å². The Bertz CT molecular complexity index is 737. The first-order valence-corrected chi connectivity index (χ1v) is 10.2. The molecule has 1 N–H and O–H groups in total. The van der Waals surface area contributed by atoms with Gasteiger partial charge in [-0.25, -0.2) is 19.9 Å². The van der Waals surface area contributed by atoms with Crippen LogP contribution in [0.3, 0.4) is 0 Å². The fraction of sp³-hybridized carbons (Fsp3) is 0.600. The van der Waals surface area contributed by atoms with Crippen molar-refractivity contribution >= 4 is 17.5 Å². The summed E-state index contributed by atoms with van der Waals surface area (Å²) in [5.41, 5.74) is 1.10. The normalized spacial score (nSPS) is 18.6. The van der Waals surface area contributed by atoms with Crippen molar-refractivity contribution in [1.82, 2.24) is 19.9 Å². The van der Waals surface area contributed by atoms with Crippen molar-refractivity contribution in [3.63, 3.8) is 0 Å². The molecule has 0 amide bonds. The topological polar surface area (TPSA) is 70.1 Å². The molecule has 0 atom stereocenters. The molecule has 0 radical (unpaired) electrons. The fourth-order valence-corrected chi connectivity index (χ4v) is 3.94. The molecule has 4 rings (SSSR count). The maximum atomic E-state index is 4.48. The summed E-state index contributed by atoms with van der Waals surface area (Å²) in [6.45, 7) is 6.34. The van der Waals surface area contributed by atoms with Gasteiger partial charge in [-0.3, -0.25) is 0 Å². The molecular weight excluding hydrogens is 338 g/mol. The summed E-state index contributed by atoms with van der Waals surface area (Å²) in [5, 5.41) is 3.62. The number of piperidine rings is 2. The van der Waals surface area contributed by atoms with Crippen molar-refractivity contribution in [2.75, 3.05) is 41.3 Å². The van der Waals surface area contributed by atoms with Crippen LogP contribution in [0.15, 0.2) is 24.8 Å². The minimum Gasteiger partial charge on any atom is -0.367 e. The van der Waals surface area contributed by atoms with E-state index in [1.54, 1.807) is 12.7 Å². The zero-order chi connectivity index (χ0) is 18.5. The van der Waals surface area contributed by atoms with Gasteiger partial charge in [-0.1, -0.05) is 6.92 Å². The van der Waals surface area contributed by atoms with E-state index in [9.17, 15) is 0 Å². The third-order valence-electron chi connectivity index (χ3n) is 5.58. The summed E-state index contributed by atoms with van der Waals surface area (Å²) in [4.78, 5) is 22.4. The van der Waals surface area contributed by atoms with E-state index in [0.717, 1.165) is 68.6 Å². The molecule has 2 saturated heterocycles. The molecule has 0 saturated carbocycles. The standard InChI is InChI=1S/C20H29N7/c1-2-16-12-19(23-14-21-16)27-10-6-17(7-11-27)25-18-13-20(24-15-22-18)26-8-4-3-5-9-26/h12-15,17H,2-11H2,1H3,(H,22,24,25). The van der Waals surface area contributed by atoms with Crippen LogP contribution in [0, 0.1) is 0 Å². The van der Waals surface area contributed by atoms with Gasteiger partial charge in [-0.05, 0) is 38.5 Å². The lowest BCUT2D eigenvalue weighted by Gasteiger charge is -2.33. The van der Waals surface area contributed by atoms with E-state index in [1.807, 2.05) is 0 Å². The smallest absolute Gasteiger partial charge is 0.134 e. The summed E-state index contributed by atoms with van der Waals surface area (Å²) in [5.74, 6) is 3.05. The summed E-state index contributed by atoms with van der Waals surface area (Å²) < 4.78 is 0. The average Bonchev–Trinajstić information content (AvgIpc) is 2.75. The van der Waals surface area contributed by atoms with Gasteiger partial charge in [-0.15, -0.1) is 0 Å². The Balaban J connectivity index is 1.34. The van der Waals surface area contributed by atoms with E-state index in [0.29, 0.717) is 6.04 Å². The second-order valence-electron chi connectivity index (χ2n) is 7.44. The van der Waals surface area contributed by atoms with Gasteiger partial charge in [-0.2, -0.15) is 0 Å². The van der Waals surface area contributed by atoms with E-state index in [2.05, 4.69) is 54.1 Å². The molecule has 0 spiro atoms. The quantitative estimate of drug-likeness (QED) is 0.871. The SMILES string of the molecule is CCc1cc(N2CCC(Nc3cc(N4CCCCC4)ncn3)CC2)ncn1. The number of rotatable bonds is 5. The second kappa shape index (κ2) is 8.50. The predicted octanol–water partition coefficient (Wildman–Crippen LogP) is 2.90. The lowest BCUT2D eigenvalue weighted by molar-refractivity contribution is 0.521. The van der Waals surface area contributed by atoms with Crippen LogP contribution in [-0.4, -0.2) is 52.2 Å². The van der Waals surface area contributed by atoms with Crippen molar-refractivity contribution in [1.29, 1.82) is 0 Å². The first-order valence-electron chi connectivity index (χ1n) is 10.2. The van der Waals surface area contributed by atoms with E-state index < -0.39 is 0 Å². The molecule has 0 aliphatic carbocycles. The molecule has 2 aromatic heterocycles. The minimum absolute atomic E-state index is 0.442. The van der Waals surface area contributed by atoms with Gasteiger partial charge >= 0.3 is 0 Å². The highest BCUT2D eigenvalue weighted by Crippen LogP contribution is 2.23. The number of aromatic nitrogens is 4. The Kier molecular flexibility index (Phi) is 5.65. The van der Waals surface area contributed by atoms with E-state index in [4.69, 9.17) is 0 Å². The van der Waals surface area contributed by atoms with Crippen molar-refractivity contribution in [2.24, 2.45) is 0 Å². The zero-order valence-corrected chi connectivity index (χ0v) is 16.1. The van der Waals surface area contributed by atoms with Crippen LogP contribution < -0.4 is 15.1 Å². The minimum atomic E-state index is 0.442. The summed E-state index contributed by atoms with van der Waals surface area (Å²) >= 11 is 0. The zero-order valence-electron chi connectivity index (χ0n) is 16.1. The van der Waals surface area contributed by atoms with Gasteiger partial charge in [0, 0.05) is 50.0 Å². The van der Waals surface area contributed by atoms with Crippen LogP contribution in [0.1, 0.15) is 44.7 Å². The van der Waals surface area contributed by atoms with Gasteiger partial charge in [0.15, 0.2) is 0 Å². The molecular formula is C20H29N7. The highest BCUT2D eigenvalue weighted by molar-refractivity contribution is 5.49. The van der Waals surface area contributed by atoms with E-state index >= 15 is 0 Å². The van der Waals surface area contributed by atoms with Gasteiger partial charge < -0.3 is 15.1 Å². The lowest BCUT2D eigenvalue weighted by atomic mass is 10.0. The van der Waals surface area contributed by atoms with Crippen molar-refractivity contribution in [3.8, 4) is 0 Å². The monoisotopic (exact) mass is 367 g/mol. The molecule has 27 heavy (non-hydrogen) atoms. The summed E-state index contributed by atoms with van der Waals surface area (Å²) in [6.07, 6.45) is 10.3. The molecule has 0 aromatic carbocycles. The molecule has 7 heteroatoms. The Labute approximate surface area is 161 Å². The highest BCUT2D eigenvalue weighted by atomic mass is 15.2. The van der Waals surface area contributed by atoms with Crippen LogP contribution in [0.2, 0.25) is 0 Å². The fourth-order valence-electron chi connectivity index (χ4n) is 3.94. The van der Waals surface area contributed by atoms with Crippen LogP contribution >= 0.6 is 0 Å². The number of hydrogen-bond donors (Lipinski definition) is 1. The molecule has 2 aromatic rings. The molecule has 7 nitrogen and oxygen atoms in total. The third kappa shape index (κ3) is 4.46. The Morgan fingerprint density at radius 3 is 2.26 bits per heavy atom. The maximum absolute atomic E-state index is 4.48. The van der Waals surface area contributed by atoms with Crippen LogP contribution in [0.5, 0.6) is 0 Å². The van der Waals surface area contributed by atoms with Gasteiger partial charge in [0.25, 0.3) is 0 Å². The van der Waals surface area contributed by atoms with Crippen molar-refractivity contribution < 1.29 is 0 Å². The first kappa shape index (κ1) is 17.9. The van der Waals surface area contributed by atoms with Crippen LogP contribution in [-0.2, 0) is 6.42 Å². The predicted molar refractivity (Wildman–Crippen MR) is 108 cm³/mol. The highest BCUT2D eigenvalue weighted by Gasteiger charge is 2.21. The van der Waals surface area contributed by atoms with E-state index in [1.165, 1.54) is 19.3 Å². The Morgan fingerprint density at radius 1 is 0.852 bits per heavy atom. The summed E-state index contributed by atoms with van der Waals surface area (Å²) in [7, 11) is 0. The van der Waals surface area contributed by atoms with Gasteiger partial charge in [0.05, 0.1) is 0 Å². The molecule has 2 fully saturated rings. The van der Waals surface area contributed by atoms with Gasteiger partial charge in [0.2, 0.25) is 0 Å². The van der Waals surface area contributed by atoms with Crippen molar-refractivity contribution in [2.45, 2.75) is 51.5 Å². The van der Waals surface area contributed by atoms with Gasteiger partial charge in [0.1, 0.15) is 30.1 Å². The average molecular weight is 368 g/mol. The number of anilines is 3. The number of nitrogens with zero attached hydrogens (tertiary/aromatic N) is 6. The first-order chi connectivity index (χ1) is 13.3. The lowest BCUT2D eigenvalue weighted by Crippen LogP contribution is -2.39. The largest absolute Gasteiger partial charge is 0.367 e. The second-order valence-corrected chi connectivity index (χ2v) is 7.44. The molecule has 144 valence electrons. The Hall–Kier alpha value is -2.44. The van der Waals surface area contributed by atoms with Crippen molar-refractivity contribution in [3.05, 3.63) is 30.5 Å². The van der Waals surface area contributed by atoms with Crippen LogP contribution in [0.25, 0.3) is 0 Å². The molecule has 0 unspecified atom stereocenters.